The summed E-state index contributed by atoms with van der Waals surface area (Å²) in [5, 5.41) is 58.3. The van der Waals surface area contributed by atoms with Gasteiger partial charge in [0.2, 0.25) is 6.29 Å². The molecule has 2 aliphatic heterocycles. The molecule has 24 heavy (non-hydrogen) atoms. The Hall–Kier alpha value is -1.04. The van der Waals surface area contributed by atoms with Gasteiger partial charge in [0, 0.05) is 5.92 Å². The molecule has 1 fully saturated rings. The fourth-order valence-electron chi connectivity index (χ4n) is 3.38. The van der Waals surface area contributed by atoms with Crippen molar-refractivity contribution in [3.8, 4) is 0 Å². The van der Waals surface area contributed by atoms with Crippen LogP contribution in [-0.2, 0) is 14.2 Å². The lowest BCUT2D eigenvalue weighted by atomic mass is 9.88. The molecule has 9 atom stereocenters. The van der Waals surface area contributed by atoms with Crippen LogP contribution in [0, 0.1) is 11.8 Å². The summed E-state index contributed by atoms with van der Waals surface area (Å²) in [5.74, 6) is -0.835. The molecule has 3 aliphatic rings. The van der Waals surface area contributed by atoms with E-state index < -0.39 is 55.6 Å². The minimum Gasteiger partial charge on any atom is -0.472 e. The van der Waals surface area contributed by atoms with Crippen LogP contribution in [0.5, 0.6) is 0 Å². The third kappa shape index (κ3) is 2.98. The molecule has 1 saturated heterocycles. The average Bonchev–Trinajstić information content (AvgIpc) is 2.92. The standard InChI is InChI=1S/C15H22O9/c16-4-6-3-8(18)7-1-2-22-14(10(6)7)24-15-13(21)12(20)11(19)9(5-17)23-15/h1-3,7-21H,4-5H2/t7-,8-,9-,10+,11-,12+,13-,14+,15+/m0/s1. The molecule has 6 N–H and O–H groups in total. The van der Waals surface area contributed by atoms with Crippen molar-refractivity contribution in [2.24, 2.45) is 11.8 Å². The highest BCUT2D eigenvalue weighted by molar-refractivity contribution is 5.25. The maximum absolute atomic E-state index is 10.0. The van der Waals surface area contributed by atoms with E-state index in [4.69, 9.17) is 14.2 Å². The first-order valence-electron chi connectivity index (χ1n) is 7.75. The zero-order chi connectivity index (χ0) is 17.4. The maximum atomic E-state index is 10.0. The molecule has 0 aromatic carbocycles. The van der Waals surface area contributed by atoms with Crippen molar-refractivity contribution in [2.45, 2.75) is 43.1 Å². The van der Waals surface area contributed by atoms with E-state index in [1.165, 1.54) is 12.3 Å². The summed E-state index contributed by atoms with van der Waals surface area (Å²) in [6.45, 7) is -0.854. The third-order valence-electron chi connectivity index (χ3n) is 4.73. The van der Waals surface area contributed by atoms with E-state index in [0.717, 1.165) is 0 Å². The van der Waals surface area contributed by atoms with Crippen molar-refractivity contribution in [2.75, 3.05) is 13.2 Å². The van der Waals surface area contributed by atoms with Crippen LogP contribution in [0.1, 0.15) is 0 Å². The first kappa shape index (κ1) is 17.8. The summed E-state index contributed by atoms with van der Waals surface area (Å²) in [7, 11) is 0. The van der Waals surface area contributed by atoms with E-state index in [0.29, 0.717) is 5.57 Å². The van der Waals surface area contributed by atoms with Gasteiger partial charge < -0.3 is 44.8 Å². The van der Waals surface area contributed by atoms with Crippen molar-refractivity contribution in [1.29, 1.82) is 0 Å². The zero-order valence-electron chi connectivity index (χ0n) is 12.8. The van der Waals surface area contributed by atoms with Crippen molar-refractivity contribution in [1.82, 2.24) is 0 Å². The van der Waals surface area contributed by atoms with Crippen LogP contribution >= 0.6 is 0 Å². The fourth-order valence-corrected chi connectivity index (χ4v) is 3.38. The van der Waals surface area contributed by atoms with Crippen molar-refractivity contribution in [3.63, 3.8) is 0 Å². The van der Waals surface area contributed by atoms with E-state index in [9.17, 15) is 30.6 Å². The lowest BCUT2D eigenvalue weighted by molar-refractivity contribution is -0.339. The second-order valence-corrected chi connectivity index (χ2v) is 6.16. The third-order valence-corrected chi connectivity index (χ3v) is 4.73. The summed E-state index contributed by atoms with van der Waals surface area (Å²) < 4.78 is 16.3. The minimum absolute atomic E-state index is 0.288. The predicted molar refractivity (Wildman–Crippen MR) is 77.0 cm³/mol. The smallest absolute Gasteiger partial charge is 0.209 e. The molecule has 0 radical (unpaired) electrons. The second kappa shape index (κ2) is 7.06. The Morgan fingerprint density at radius 1 is 1.00 bits per heavy atom. The molecule has 1 aliphatic carbocycles. The Labute approximate surface area is 138 Å². The first-order chi connectivity index (χ1) is 11.5. The normalized spacial score (nSPS) is 47.9. The van der Waals surface area contributed by atoms with Crippen LogP contribution in [-0.4, -0.2) is 87.0 Å². The number of hydrogen-bond acceptors (Lipinski definition) is 9. The van der Waals surface area contributed by atoms with Gasteiger partial charge in [-0.1, -0.05) is 6.08 Å². The molecule has 2 heterocycles. The molecule has 0 aromatic rings. The highest BCUT2D eigenvalue weighted by Gasteiger charge is 2.49. The number of hydrogen-bond donors (Lipinski definition) is 6. The Morgan fingerprint density at radius 2 is 1.75 bits per heavy atom. The van der Waals surface area contributed by atoms with Gasteiger partial charge in [0.15, 0.2) is 6.29 Å². The summed E-state index contributed by atoms with van der Waals surface area (Å²) >= 11 is 0. The van der Waals surface area contributed by atoms with E-state index in [1.807, 2.05) is 0 Å². The highest BCUT2D eigenvalue weighted by Crippen LogP contribution is 2.40. The number of aliphatic hydroxyl groups is 6. The summed E-state index contributed by atoms with van der Waals surface area (Å²) in [5.41, 5.74) is 0.534. The van der Waals surface area contributed by atoms with E-state index in [1.54, 1.807) is 6.08 Å². The van der Waals surface area contributed by atoms with E-state index in [2.05, 4.69) is 0 Å². The van der Waals surface area contributed by atoms with Crippen LogP contribution < -0.4 is 0 Å². The van der Waals surface area contributed by atoms with Gasteiger partial charge in [-0.25, -0.2) is 0 Å². The Bertz CT molecular complexity index is 505. The Balaban J connectivity index is 1.75. The number of rotatable bonds is 4. The lowest BCUT2D eigenvalue weighted by Gasteiger charge is -2.42. The van der Waals surface area contributed by atoms with Gasteiger partial charge >= 0.3 is 0 Å². The molecular formula is C15H22O9. The quantitative estimate of drug-likeness (QED) is 0.297. The molecule has 0 spiro atoms. The van der Waals surface area contributed by atoms with Gasteiger partial charge in [-0.05, 0) is 11.6 Å². The van der Waals surface area contributed by atoms with Gasteiger partial charge in [-0.2, -0.15) is 0 Å². The summed E-state index contributed by atoms with van der Waals surface area (Å²) in [6.07, 6.45) is -4.27. The topological polar surface area (TPSA) is 149 Å². The predicted octanol–water partition coefficient (Wildman–Crippen LogP) is -2.80. The Morgan fingerprint density at radius 3 is 2.42 bits per heavy atom. The largest absolute Gasteiger partial charge is 0.472 e. The molecule has 3 rings (SSSR count). The van der Waals surface area contributed by atoms with Crippen LogP contribution in [0.3, 0.4) is 0 Å². The lowest BCUT2D eigenvalue weighted by Crippen LogP contribution is -2.60. The molecule has 9 nitrogen and oxygen atoms in total. The molecule has 0 bridgehead atoms. The van der Waals surface area contributed by atoms with Crippen molar-refractivity contribution in [3.05, 3.63) is 24.0 Å². The fraction of sp³-hybridized carbons (Fsp3) is 0.733. The van der Waals surface area contributed by atoms with Gasteiger partial charge in [0.1, 0.15) is 24.4 Å². The zero-order valence-corrected chi connectivity index (χ0v) is 12.8. The number of ether oxygens (including phenoxy) is 3. The molecule has 0 amide bonds. The molecular weight excluding hydrogens is 324 g/mol. The minimum atomic E-state index is -1.56. The SMILES string of the molecule is OCC1=C[C@H](O)[C@@H]2C=CO[C@H](O[C@H]3O[C@@H](CO)[C@H](O)[C@@H](O)[C@@H]3O)[C@H]12. The first-order valence-corrected chi connectivity index (χ1v) is 7.75. The number of aliphatic hydroxyl groups excluding tert-OH is 6. The van der Waals surface area contributed by atoms with Crippen LogP contribution in [0.25, 0.3) is 0 Å². The average molecular weight is 346 g/mol. The Kier molecular flexibility index (Phi) is 5.23. The maximum Gasteiger partial charge on any atom is 0.209 e. The molecule has 0 saturated carbocycles. The van der Waals surface area contributed by atoms with Crippen molar-refractivity contribution >= 4 is 0 Å². The molecule has 0 unspecified atom stereocenters. The van der Waals surface area contributed by atoms with E-state index in [-0.39, 0.29) is 12.5 Å². The van der Waals surface area contributed by atoms with Gasteiger partial charge in [0.25, 0.3) is 0 Å². The molecule has 9 heteroatoms. The van der Waals surface area contributed by atoms with Crippen LogP contribution in [0.15, 0.2) is 24.0 Å². The second-order valence-electron chi connectivity index (χ2n) is 6.16. The molecule has 0 aromatic heterocycles. The van der Waals surface area contributed by atoms with Crippen LogP contribution in [0.4, 0.5) is 0 Å². The molecule has 136 valence electrons. The highest BCUT2D eigenvalue weighted by atomic mass is 16.8. The van der Waals surface area contributed by atoms with Gasteiger partial charge in [-0.3, -0.25) is 0 Å². The van der Waals surface area contributed by atoms with Crippen molar-refractivity contribution < 1.29 is 44.8 Å². The number of fused-ring (bicyclic) bond motifs is 1. The monoisotopic (exact) mass is 346 g/mol. The summed E-state index contributed by atoms with van der Waals surface area (Å²) in [6, 6.07) is 0. The van der Waals surface area contributed by atoms with Gasteiger partial charge in [0.05, 0.1) is 31.5 Å². The van der Waals surface area contributed by atoms with Gasteiger partial charge in [-0.15, -0.1) is 0 Å². The van der Waals surface area contributed by atoms with E-state index >= 15 is 0 Å². The summed E-state index contributed by atoms with van der Waals surface area (Å²) in [4.78, 5) is 0. The van der Waals surface area contributed by atoms with Crippen LogP contribution in [0.2, 0.25) is 0 Å².